The lowest BCUT2D eigenvalue weighted by molar-refractivity contribution is 0.247. The molecule has 0 radical (unpaired) electrons. The van der Waals surface area contributed by atoms with E-state index in [2.05, 4.69) is 16.0 Å². The van der Waals surface area contributed by atoms with Crippen molar-refractivity contribution < 1.29 is 8.42 Å². The zero-order valence-corrected chi connectivity index (χ0v) is 17.7. The van der Waals surface area contributed by atoms with Crippen molar-refractivity contribution in [3.63, 3.8) is 0 Å². The van der Waals surface area contributed by atoms with Crippen molar-refractivity contribution in [2.24, 2.45) is 0 Å². The van der Waals surface area contributed by atoms with Gasteiger partial charge >= 0.3 is 0 Å². The van der Waals surface area contributed by atoms with E-state index >= 15 is 0 Å². The maximum atomic E-state index is 13.1. The summed E-state index contributed by atoms with van der Waals surface area (Å²) in [5.41, 5.74) is 3.96. The number of benzene rings is 2. The molecule has 1 fully saturated rings. The molecule has 1 saturated heterocycles. The predicted molar refractivity (Wildman–Crippen MR) is 115 cm³/mol. The first-order valence-electron chi connectivity index (χ1n) is 9.72. The maximum Gasteiger partial charge on any atom is 0.243 e. The van der Waals surface area contributed by atoms with Crippen LogP contribution in [0.2, 0.25) is 5.02 Å². The van der Waals surface area contributed by atoms with E-state index in [0.29, 0.717) is 35.8 Å². The molecule has 1 N–H and O–H groups in total. The van der Waals surface area contributed by atoms with Crippen LogP contribution in [0.15, 0.2) is 65.7 Å². The van der Waals surface area contributed by atoms with Crippen molar-refractivity contribution in [3.8, 4) is 5.69 Å². The molecule has 0 saturated carbocycles. The normalized spacial score (nSPS) is 18.1. The van der Waals surface area contributed by atoms with Gasteiger partial charge in [0.25, 0.3) is 0 Å². The third-order valence-corrected chi connectivity index (χ3v) is 8.22. The minimum absolute atomic E-state index is 0.288. The van der Waals surface area contributed by atoms with Crippen LogP contribution in [0.5, 0.6) is 0 Å². The number of aromatic nitrogens is 1. The van der Waals surface area contributed by atoms with E-state index in [1.165, 1.54) is 0 Å². The van der Waals surface area contributed by atoms with Crippen molar-refractivity contribution in [2.45, 2.75) is 30.2 Å². The molecule has 150 valence electrons. The second kappa shape index (κ2) is 6.62. The number of hydrogen-bond acceptors (Lipinski definition) is 3. The lowest BCUT2D eigenvalue weighted by Crippen LogP contribution is -2.50. The molecular formula is C22H22ClN3O2S. The summed E-state index contributed by atoms with van der Waals surface area (Å²) in [6.45, 7) is 2.89. The third-order valence-electron chi connectivity index (χ3n) is 6.07. The van der Waals surface area contributed by atoms with E-state index in [9.17, 15) is 8.42 Å². The second-order valence-corrected chi connectivity index (χ2v) is 10.2. The molecule has 3 aromatic rings. The third kappa shape index (κ3) is 2.98. The van der Waals surface area contributed by atoms with E-state index in [1.54, 1.807) is 16.4 Å². The lowest BCUT2D eigenvalue weighted by atomic mass is 9.83. The number of piperidine rings is 1. The zero-order valence-electron chi connectivity index (χ0n) is 16.1. The zero-order chi connectivity index (χ0) is 20.2. The Bertz CT molecular complexity index is 1180. The van der Waals surface area contributed by atoms with Gasteiger partial charge in [0.05, 0.1) is 21.8 Å². The van der Waals surface area contributed by atoms with Crippen molar-refractivity contribution in [1.82, 2.24) is 8.87 Å². The molecule has 0 bridgehead atoms. The summed E-state index contributed by atoms with van der Waals surface area (Å²) in [5, 5.41) is 4.39. The highest BCUT2D eigenvalue weighted by Crippen LogP contribution is 2.44. The Morgan fingerprint density at radius 3 is 2.48 bits per heavy atom. The van der Waals surface area contributed by atoms with Crippen LogP contribution in [0.4, 0.5) is 5.69 Å². The minimum Gasteiger partial charge on any atom is -0.372 e. The van der Waals surface area contributed by atoms with Gasteiger partial charge in [-0.3, -0.25) is 0 Å². The molecule has 2 aliphatic heterocycles. The Hall–Kier alpha value is -2.28. The predicted octanol–water partition coefficient (Wildman–Crippen LogP) is 4.54. The average Bonchev–Trinajstić information content (AvgIpc) is 3.21. The molecule has 3 heterocycles. The fourth-order valence-electron chi connectivity index (χ4n) is 4.46. The number of fused-ring (bicyclic) bond motifs is 4. The average molecular weight is 428 g/mol. The first-order chi connectivity index (χ1) is 13.9. The van der Waals surface area contributed by atoms with Crippen molar-refractivity contribution >= 4 is 27.3 Å². The van der Waals surface area contributed by atoms with Crippen LogP contribution in [0, 0.1) is 6.92 Å². The Labute approximate surface area is 176 Å². The summed E-state index contributed by atoms with van der Waals surface area (Å²) >= 11 is 6.21. The van der Waals surface area contributed by atoms with Crippen LogP contribution in [-0.4, -0.2) is 30.4 Å². The smallest absolute Gasteiger partial charge is 0.243 e. The van der Waals surface area contributed by atoms with Gasteiger partial charge in [-0.1, -0.05) is 29.3 Å². The number of hydrogen-bond donors (Lipinski definition) is 1. The molecule has 2 aromatic carbocycles. The quantitative estimate of drug-likeness (QED) is 0.653. The van der Waals surface area contributed by atoms with Crippen LogP contribution in [0.25, 0.3) is 5.69 Å². The summed E-state index contributed by atoms with van der Waals surface area (Å²) in [6, 6.07) is 17.1. The highest BCUT2D eigenvalue weighted by Gasteiger charge is 2.43. The van der Waals surface area contributed by atoms with Gasteiger partial charge in [-0.2, -0.15) is 4.31 Å². The molecule has 2 aliphatic rings. The van der Waals surface area contributed by atoms with E-state index in [0.717, 1.165) is 22.6 Å². The number of anilines is 1. The van der Waals surface area contributed by atoms with Crippen molar-refractivity contribution in [1.29, 1.82) is 0 Å². The fraction of sp³-hybridized carbons (Fsp3) is 0.273. The summed E-state index contributed by atoms with van der Waals surface area (Å²) < 4.78 is 29.9. The SMILES string of the molecule is Cc1ccc(S(=O)(=O)N2CCC3(CC2)Nc2ccc(Cl)cc2-n2cccc23)cc1. The molecule has 0 unspecified atom stereocenters. The maximum absolute atomic E-state index is 13.1. The Balaban J connectivity index is 1.45. The van der Waals surface area contributed by atoms with Crippen LogP contribution < -0.4 is 5.32 Å². The largest absolute Gasteiger partial charge is 0.372 e. The number of nitrogens with zero attached hydrogens (tertiary/aromatic N) is 2. The van der Waals surface area contributed by atoms with E-state index < -0.39 is 10.0 Å². The molecule has 1 aromatic heterocycles. The van der Waals surface area contributed by atoms with Crippen molar-refractivity contribution in [3.05, 3.63) is 77.1 Å². The molecule has 0 amide bonds. The first-order valence-corrected chi connectivity index (χ1v) is 11.5. The highest BCUT2D eigenvalue weighted by molar-refractivity contribution is 7.89. The number of nitrogens with one attached hydrogen (secondary N) is 1. The molecule has 5 nitrogen and oxygen atoms in total. The molecule has 29 heavy (non-hydrogen) atoms. The molecule has 1 spiro atoms. The number of aryl methyl sites for hydroxylation is 1. The summed E-state index contributed by atoms with van der Waals surface area (Å²) in [7, 11) is -3.48. The fourth-order valence-corrected chi connectivity index (χ4v) is 6.07. The standard InChI is InChI=1S/C22H22ClN3O2S/c1-16-4-7-18(8-5-16)29(27,28)25-13-10-22(11-14-25)21-3-2-12-26(21)20-15-17(23)6-9-19(20)24-22/h2-9,12,15,24H,10-11,13-14H2,1H3. The van der Waals surface area contributed by atoms with Crippen LogP contribution in [0.1, 0.15) is 24.1 Å². The van der Waals surface area contributed by atoms with E-state index in [4.69, 9.17) is 11.6 Å². The monoisotopic (exact) mass is 427 g/mol. The van der Waals surface area contributed by atoms with Gasteiger partial charge in [0.15, 0.2) is 0 Å². The molecule has 0 atom stereocenters. The Kier molecular flexibility index (Phi) is 4.28. The van der Waals surface area contributed by atoms with Gasteiger partial charge in [-0.15, -0.1) is 0 Å². The van der Waals surface area contributed by atoms with Gasteiger partial charge in [0, 0.05) is 30.0 Å². The molecular weight excluding hydrogens is 406 g/mol. The highest BCUT2D eigenvalue weighted by atomic mass is 35.5. The molecule has 7 heteroatoms. The summed E-state index contributed by atoms with van der Waals surface area (Å²) in [5.74, 6) is 0. The van der Waals surface area contributed by atoms with Crippen molar-refractivity contribution in [2.75, 3.05) is 18.4 Å². The Morgan fingerprint density at radius 1 is 1.03 bits per heavy atom. The van der Waals surface area contributed by atoms with Gasteiger partial charge < -0.3 is 9.88 Å². The number of halogens is 1. The van der Waals surface area contributed by atoms with Crippen LogP contribution in [-0.2, 0) is 15.6 Å². The van der Waals surface area contributed by atoms with E-state index in [-0.39, 0.29) is 5.54 Å². The second-order valence-electron chi connectivity index (χ2n) is 7.85. The Morgan fingerprint density at radius 2 is 1.76 bits per heavy atom. The van der Waals surface area contributed by atoms with Gasteiger partial charge in [0.1, 0.15) is 0 Å². The van der Waals surface area contributed by atoms with E-state index in [1.807, 2.05) is 49.5 Å². The van der Waals surface area contributed by atoms with Crippen LogP contribution >= 0.6 is 11.6 Å². The lowest BCUT2D eigenvalue weighted by Gasteiger charge is -2.45. The van der Waals surface area contributed by atoms with Gasteiger partial charge in [-0.05, 0) is 62.2 Å². The summed E-state index contributed by atoms with van der Waals surface area (Å²) in [6.07, 6.45) is 3.44. The van der Waals surface area contributed by atoms with Crippen LogP contribution in [0.3, 0.4) is 0 Å². The number of rotatable bonds is 2. The summed E-state index contributed by atoms with van der Waals surface area (Å²) in [4.78, 5) is 0.360. The van der Waals surface area contributed by atoms with Gasteiger partial charge in [-0.25, -0.2) is 8.42 Å². The molecule has 0 aliphatic carbocycles. The first kappa shape index (κ1) is 18.7. The minimum atomic E-state index is -3.48. The molecule has 5 rings (SSSR count). The van der Waals surface area contributed by atoms with Gasteiger partial charge in [0.2, 0.25) is 10.0 Å². The topological polar surface area (TPSA) is 54.3 Å². The number of sulfonamides is 1.